The van der Waals surface area contributed by atoms with Crippen molar-refractivity contribution in [2.24, 2.45) is 4.99 Å². The topological polar surface area (TPSA) is 72.5 Å². The molecule has 3 N–H and O–H groups in total. The van der Waals surface area contributed by atoms with Crippen LogP contribution in [-0.2, 0) is 6.42 Å². The summed E-state index contributed by atoms with van der Waals surface area (Å²) in [6, 6.07) is 6.02. The first-order valence-corrected chi connectivity index (χ1v) is 8.13. The van der Waals surface area contributed by atoms with Crippen molar-refractivity contribution in [1.82, 2.24) is 4.98 Å². The lowest BCUT2D eigenvalue weighted by molar-refractivity contribution is 0.357. The number of hydrogen-bond donors (Lipinski definition) is 3. The van der Waals surface area contributed by atoms with Crippen LogP contribution in [0.1, 0.15) is 16.1 Å². The average Bonchev–Trinajstić information content (AvgIpc) is 3.09. The number of ether oxygens (including phenoxy) is 1. The number of aliphatic imine (C=N–C) groups is 1. The van der Waals surface area contributed by atoms with Gasteiger partial charge in [-0.05, 0) is 36.1 Å². The van der Waals surface area contributed by atoms with Crippen LogP contribution >= 0.6 is 24.0 Å². The highest BCUT2D eigenvalue weighted by Gasteiger charge is 2.12. The van der Waals surface area contributed by atoms with E-state index in [4.69, 9.17) is 10.5 Å². The number of nitrogens with two attached hydrogens (primary N) is 1. The minimum absolute atomic E-state index is 0.530. The first kappa shape index (κ1) is 14.9. The van der Waals surface area contributed by atoms with Crippen LogP contribution in [0.4, 0.5) is 10.8 Å². The van der Waals surface area contributed by atoms with Gasteiger partial charge < -0.3 is 15.8 Å². The predicted molar refractivity (Wildman–Crippen MR) is 96.0 cm³/mol. The molecule has 0 atom stereocenters. The van der Waals surface area contributed by atoms with Crippen LogP contribution in [0.15, 0.2) is 28.6 Å². The number of rotatable bonds is 4. The molecule has 0 aliphatic carbocycles. The zero-order valence-electron chi connectivity index (χ0n) is 12.0. The first-order valence-electron chi connectivity index (χ1n) is 6.80. The highest BCUT2D eigenvalue weighted by Crippen LogP contribution is 2.29. The summed E-state index contributed by atoms with van der Waals surface area (Å²) in [6.45, 7) is 2.66. The summed E-state index contributed by atoms with van der Waals surface area (Å²) in [5.74, 6) is 0.967. The third-order valence-corrected chi connectivity index (χ3v) is 4.55. The number of nitrogens with zero attached hydrogens (tertiary/aromatic N) is 2. The van der Waals surface area contributed by atoms with E-state index in [2.05, 4.69) is 34.0 Å². The number of nitrogen functional groups attached to an aromatic ring is 1. The zero-order valence-corrected chi connectivity index (χ0v) is 13.7. The lowest BCUT2D eigenvalue weighted by Crippen LogP contribution is -1.95. The van der Waals surface area contributed by atoms with Gasteiger partial charge in [-0.25, -0.2) is 9.98 Å². The van der Waals surface area contributed by atoms with Gasteiger partial charge in [0.05, 0.1) is 29.2 Å². The Hall–Kier alpha value is -1.99. The van der Waals surface area contributed by atoms with Gasteiger partial charge in [0.25, 0.3) is 0 Å². The number of aryl methyl sites for hydroxylation is 1. The second kappa shape index (κ2) is 6.41. The van der Waals surface area contributed by atoms with Gasteiger partial charge in [0, 0.05) is 12.1 Å². The Balaban J connectivity index is 1.72. The van der Waals surface area contributed by atoms with Crippen molar-refractivity contribution in [3.63, 3.8) is 0 Å². The zero-order chi connectivity index (χ0) is 15.5. The molecule has 0 saturated carbocycles. The molecule has 0 spiro atoms. The van der Waals surface area contributed by atoms with Crippen LogP contribution in [0.3, 0.4) is 0 Å². The van der Waals surface area contributed by atoms with Crippen molar-refractivity contribution in [3.8, 4) is 5.75 Å². The van der Waals surface area contributed by atoms with Crippen LogP contribution < -0.4 is 15.8 Å². The Labute approximate surface area is 138 Å². The fourth-order valence-electron chi connectivity index (χ4n) is 2.26. The normalized spacial score (nSPS) is 14.2. The van der Waals surface area contributed by atoms with E-state index in [0.717, 1.165) is 40.7 Å². The van der Waals surface area contributed by atoms with Crippen LogP contribution in [0.5, 0.6) is 5.75 Å². The minimum atomic E-state index is 0.530. The summed E-state index contributed by atoms with van der Waals surface area (Å²) in [6.07, 6.45) is 2.60. The molecule has 5 nitrogen and oxygen atoms in total. The van der Waals surface area contributed by atoms with Crippen LogP contribution in [0, 0.1) is 6.92 Å². The summed E-state index contributed by atoms with van der Waals surface area (Å²) in [5.41, 5.74) is 9.50. The Kier molecular flexibility index (Phi) is 4.35. The maximum Gasteiger partial charge on any atom is 0.180 e. The van der Waals surface area contributed by atoms with E-state index in [-0.39, 0.29) is 0 Å². The van der Waals surface area contributed by atoms with Gasteiger partial charge >= 0.3 is 0 Å². The Morgan fingerprint density at radius 3 is 3.14 bits per heavy atom. The van der Waals surface area contributed by atoms with E-state index in [1.54, 1.807) is 11.7 Å². The molecule has 1 aliphatic heterocycles. The molecular weight excluding hydrogens is 316 g/mol. The standard InChI is InChI=1S/C15H16N4OS2/c1-9-14(22-15(16)19-9)12(7-21)18-8-17-11-2-3-13-10(6-11)4-5-20-13/h2-3,6-8,21H,4-5H2,1H3,(H2,16,19)(H,17,18)/b12-7-. The Morgan fingerprint density at radius 1 is 1.55 bits per heavy atom. The van der Waals surface area contributed by atoms with Crippen molar-refractivity contribution in [2.75, 3.05) is 17.7 Å². The van der Waals surface area contributed by atoms with Crippen LogP contribution in [0.2, 0.25) is 0 Å². The molecule has 0 amide bonds. The second-order valence-electron chi connectivity index (χ2n) is 4.80. The molecule has 2 aromatic rings. The molecule has 2 heterocycles. The summed E-state index contributed by atoms with van der Waals surface area (Å²) >= 11 is 5.62. The fraction of sp³-hybridized carbons (Fsp3) is 0.200. The van der Waals surface area contributed by atoms with Crippen molar-refractivity contribution in [2.45, 2.75) is 13.3 Å². The van der Waals surface area contributed by atoms with Gasteiger partial charge in [0.1, 0.15) is 5.75 Å². The van der Waals surface area contributed by atoms with Gasteiger partial charge in [-0.15, -0.1) is 12.6 Å². The van der Waals surface area contributed by atoms with Gasteiger partial charge in [0.15, 0.2) is 5.13 Å². The molecule has 22 heavy (non-hydrogen) atoms. The van der Waals surface area contributed by atoms with Crippen LogP contribution in [0.25, 0.3) is 5.70 Å². The number of hydrogen-bond acceptors (Lipinski definition) is 6. The number of fused-ring (bicyclic) bond motifs is 1. The Morgan fingerprint density at radius 2 is 2.41 bits per heavy atom. The van der Waals surface area contributed by atoms with Crippen molar-refractivity contribution in [1.29, 1.82) is 0 Å². The number of anilines is 2. The van der Waals surface area contributed by atoms with Crippen LogP contribution in [-0.4, -0.2) is 17.9 Å². The molecule has 0 fully saturated rings. The molecule has 3 rings (SSSR count). The van der Waals surface area contributed by atoms with Gasteiger partial charge in [0.2, 0.25) is 0 Å². The maximum absolute atomic E-state index is 5.72. The van der Waals surface area contributed by atoms with E-state index >= 15 is 0 Å². The van der Waals surface area contributed by atoms with E-state index in [1.807, 2.05) is 19.1 Å². The molecular formula is C15H16N4OS2. The summed E-state index contributed by atoms with van der Waals surface area (Å²) in [7, 11) is 0. The number of aromatic nitrogens is 1. The molecule has 114 valence electrons. The van der Waals surface area contributed by atoms with Crippen molar-refractivity contribution < 1.29 is 4.74 Å². The minimum Gasteiger partial charge on any atom is -0.493 e. The highest BCUT2D eigenvalue weighted by molar-refractivity contribution is 7.83. The van der Waals surface area contributed by atoms with Gasteiger partial charge in [-0.1, -0.05) is 11.3 Å². The molecule has 1 aliphatic rings. The first-order chi connectivity index (χ1) is 10.7. The van der Waals surface area contributed by atoms with E-state index in [9.17, 15) is 0 Å². The number of thiazole rings is 1. The SMILES string of the molecule is Cc1nc(N)sc1/C(=C/S)N=CNc1ccc2c(c1)CCO2. The number of benzene rings is 1. The third kappa shape index (κ3) is 3.10. The third-order valence-electron chi connectivity index (χ3n) is 3.29. The largest absolute Gasteiger partial charge is 0.493 e. The molecule has 1 aromatic carbocycles. The average molecular weight is 332 g/mol. The number of thiol groups is 1. The molecule has 1 aromatic heterocycles. The maximum atomic E-state index is 5.72. The summed E-state index contributed by atoms with van der Waals surface area (Å²) < 4.78 is 5.49. The molecule has 0 saturated heterocycles. The van der Waals surface area contributed by atoms with E-state index < -0.39 is 0 Å². The monoisotopic (exact) mass is 332 g/mol. The van der Waals surface area contributed by atoms with Crippen molar-refractivity contribution >= 4 is 46.8 Å². The second-order valence-corrected chi connectivity index (χ2v) is 6.09. The lowest BCUT2D eigenvalue weighted by Gasteiger charge is -2.04. The molecule has 7 heteroatoms. The van der Waals surface area contributed by atoms with Gasteiger partial charge in [-0.3, -0.25) is 0 Å². The van der Waals surface area contributed by atoms with E-state index in [1.165, 1.54) is 16.9 Å². The fourth-order valence-corrected chi connectivity index (χ4v) is 3.34. The number of nitrogens with one attached hydrogen (secondary N) is 1. The van der Waals surface area contributed by atoms with Crippen molar-refractivity contribution in [3.05, 3.63) is 39.7 Å². The van der Waals surface area contributed by atoms with Gasteiger partial charge in [-0.2, -0.15) is 0 Å². The lowest BCUT2D eigenvalue weighted by atomic mass is 10.1. The smallest absolute Gasteiger partial charge is 0.180 e. The summed E-state index contributed by atoms with van der Waals surface area (Å²) in [5, 5.41) is 5.34. The molecule has 0 bridgehead atoms. The quantitative estimate of drug-likeness (QED) is 0.456. The molecule has 0 radical (unpaired) electrons. The van der Waals surface area contributed by atoms with E-state index in [0.29, 0.717) is 5.13 Å². The highest BCUT2D eigenvalue weighted by atomic mass is 32.1. The Bertz CT molecular complexity index is 752. The molecule has 0 unspecified atom stereocenters. The summed E-state index contributed by atoms with van der Waals surface area (Å²) in [4.78, 5) is 9.53. The predicted octanol–water partition coefficient (Wildman–Crippen LogP) is 3.34.